The van der Waals surface area contributed by atoms with Crippen molar-refractivity contribution in [3.05, 3.63) is 52.1 Å². The molecule has 0 aliphatic carbocycles. The Morgan fingerprint density at radius 2 is 2.41 bits per heavy atom. The van der Waals surface area contributed by atoms with Crippen molar-refractivity contribution in [3.63, 3.8) is 0 Å². The highest BCUT2D eigenvalue weighted by Gasteiger charge is 2.12. The first-order valence-electron chi connectivity index (χ1n) is 6.27. The van der Waals surface area contributed by atoms with Crippen LogP contribution in [-0.2, 0) is 0 Å². The Bertz CT molecular complexity index is 856. The van der Waals surface area contributed by atoms with Gasteiger partial charge in [-0.3, -0.25) is 9.20 Å². The molecule has 1 N–H and O–H groups in total. The Labute approximate surface area is 135 Å². The van der Waals surface area contributed by atoms with E-state index in [1.54, 1.807) is 24.3 Å². The maximum atomic E-state index is 12.0. The number of carbonyl (C=O) groups excluding carboxylic acids is 1. The zero-order valence-electron chi connectivity index (χ0n) is 11.5. The van der Waals surface area contributed by atoms with Gasteiger partial charge in [-0.2, -0.15) is 10.1 Å². The molecule has 1 amide bonds. The highest BCUT2D eigenvalue weighted by atomic mass is 35.5. The van der Waals surface area contributed by atoms with Crippen molar-refractivity contribution < 1.29 is 9.53 Å². The molecule has 0 spiro atoms. The minimum absolute atomic E-state index is 0.344. The number of nitrogens with zero attached hydrogens (tertiary/aromatic N) is 3. The first kappa shape index (κ1) is 14.6. The Morgan fingerprint density at radius 3 is 3.18 bits per heavy atom. The van der Waals surface area contributed by atoms with Crippen LogP contribution in [0.5, 0.6) is 5.88 Å². The zero-order valence-corrected chi connectivity index (χ0v) is 13.1. The van der Waals surface area contributed by atoms with Crippen molar-refractivity contribution in [3.8, 4) is 5.88 Å². The van der Waals surface area contributed by atoms with Crippen molar-refractivity contribution in [2.75, 3.05) is 7.11 Å². The van der Waals surface area contributed by atoms with Crippen molar-refractivity contribution >= 4 is 40.0 Å². The summed E-state index contributed by atoms with van der Waals surface area (Å²) in [5.41, 5.74) is 3.54. The molecule has 3 aromatic rings. The maximum absolute atomic E-state index is 12.0. The minimum Gasteiger partial charge on any atom is -0.479 e. The summed E-state index contributed by atoms with van der Waals surface area (Å²) in [6.07, 6.45) is 3.35. The van der Waals surface area contributed by atoms with E-state index in [2.05, 4.69) is 15.5 Å². The van der Waals surface area contributed by atoms with E-state index in [1.807, 2.05) is 16.0 Å². The third-order valence-electron chi connectivity index (χ3n) is 2.90. The monoisotopic (exact) mass is 334 g/mol. The molecule has 1 aromatic carbocycles. The number of amides is 1. The lowest BCUT2D eigenvalue weighted by atomic mass is 10.2. The molecule has 0 aliphatic rings. The topological polar surface area (TPSA) is 68.0 Å². The number of thiazole rings is 1. The SMILES string of the molecule is COc1nc2sccn2c1C=NNC(=O)c1cccc(Cl)c1. The normalized spacial score (nSPS) is 11.2. The standard InChI is InChI=1S/C14H11ClN4O2S/c1-21-13-11(19-5-6-22-14(19)17-13)8-16-18-12(20)9-3-2-4-10(15)7-9/h2-8H,1H3,(H,18,20). The van der Waals surface area contributed by atoms with Crippen molar-refractivity contribution in [2.45, 2.75) is 0 Å². The van der Waals surface area contributed by atoms with Gasteiger partial charge in [0, 0.05) is 22.2 Å². The van der Waals surface area contributed by atoms with Gasteiger partial charge in [0.15, 0.2) is 4.96 Å². The molecule has 8 heteroatoms. The molecular formula is C14H11ClN4O2S. The van der Waals surface area contributed by atoms with E-state index >= 15 is 0 Å². The van der Waals surface area contributed by atoms with Crippen molar-refractivity contribution in [1.29, 1.82) is 0 Å². The number of benzene rings is 1. The molecule has 3 rings (SSSR count). The Morgan fingerprint density at radius 1 is 1.55 bits per heavy atom. The molecule has 0 saturated carbocycles. The quantitative estimate of drug-likeness (QED) is 0.589. The number of imidazole rings is 1. The molecule has 6 nitrogen and oxygen atoms in total. The van der Waals surface area contributed by atoms with Crippen LogP contribution in [0.2, 0.25) is 5.02 Å². The van der Waals surface area contributed by atoms with Gasteiger partial charge in [0.25, 0.3) is 5.91 Å². The van der Waals surface area contributed by atoms with Crippen LogP contribution in [0.25, 0.3) is 4.96 Å². The number of hydrogen-bond donors (Lipinski definition) is 1. The molecule has 0 saturated heterocycles. The van der Waals surface area contributed by atoms with E-state index in [4.69, 9.17) is 16.3 Å². The van der Waals surface area contributed by atoms with E-state index in [-0.39, 0.29) is 5.91 Å². The molecule has 0 fully saturated rings. The second-order valence-electron chi connectivity index (χ2n) is 4.27. The third kappa shape index (κ3) is 2.81. The number of fused-ring (bicyclic) bond motifs is 1. The number of ether oxygens (including phenoxy) is 1. The van der Waals surface area contributed by atoms with Crippen LogP contribution >= 0.6 is 22.9 Å². The number of hydrazone groups is 1. The fourth-order valence-electron chi connectivity index (χ4n) is 1.90. The summed E-state index contributed by atoms with van der Waals surface area (Å²) < 4.78 is 7.03. The molecule has 22 heavy (non-hydrogen) atoms. The lowest BCUT2D eigenvalue weighted by Gasteiger charge is -2.00. The molecule has 2 aromatic heterocycles. The van der Waals surface area contributed by atoms with Gasteiger partial charge in [0.2, 0.25) is 5.88 Å². The predicted octanol–water partition coefficient (Wildman–Crippen LogP) is 2.82. The summed E-state index contributed by atoms with van der Waals surface area (Å²) in [7, 11) is 1.54. The Kier molecular flexibility index (Phi) is 4.08. The third-order valence-corrected chi connectivity index (χ3v) is 3.89. The van der Waals surface area contributed by atoms with E-state index in [0.29, 0.717) is 22.2 Å². The number of rotatable bonds is 4. The molecular weight excluding hydrogens is 324 g/mol. The van der Waals surface area contributed by atoms with Crippen LogP contribution in [0.15, 0.2) is 40.9 Å². The number of carbonyl (C=O) groups is 1. The van der Waals surface area contributed by atoms with Crippen LogP contribution in [-0.4, -0.2) is 28.6 Å². The summed E-state index contributed by atoms with van der Waals surface area (Å²) in [6.45, 7) is 0. The first-order valence-corrected chi connectivity index (χ1v) is 7.53. The fraction of sp³-hybridized carbons (Fsp3) is 0.0714. The lowest BCUT2D eigenvalue weighted by molar-refractivity contribution is 0.0955. The van der Waals surface area contributed by atoms with Gasteiger partial charge in [0.05, 0.1) is 13.3 Å². The van der Waals surface area contributed by atoms with Crippen LogP contribution in [0.1, 0.15) is 16.1 Å². The largest absolute Gasteiger partial charge is 0.479 e. The van der Waals surface area contributed by atoms with E-state index in [9.17, 15) is 4.79 Å². The van der Waals surface area contributed by atoms with Gasteiger partial charge < -0.3 is 4.74 Å². The molecule has 112 valence electrons. The minimum atomic E-state index is -0.344. The first-order chi connectivity index (χ1) is 10.7. The fourth-order valence-corrected chi connectivity index (χ4v) is 2.80. The van der Waals surface area contributed by atoms with E-state index in [1.165, 1.54) is 24.7 Å². The number of halogens is 1. The number of nitrogens with one attached hydrogen (secondary N) is 1. The molecule has 0 unspecified atom stereocenters. The highest BCUT2D eigenvalue weighted by molar-refractivity contribution is 7.15. The predicted molar refractivity (Wildman–Crippen MR) is 86.1 cm³/mol. The van der Waals surface area contributed by atoms with Gasteiger partial charge in [-0.15, -0.1) is 11.3 Å². The summed E-state index contributed by atoms with van der Waals surface area (Å²) in [5.74, 6) is 0.108. The average molecular weight is 335 g/mol. The molecule has 0 atom stereocenters. The van der Waals surface area contributed by atoms with E-state index < -0.39 is 0 Å². The van der Waals surface area contributed by atoms with Crippen molar-refractivity contribution in [2.24, 2.45) is 5.10 Å². The lowest BCUT2D eigenvalue weighted by Crippen LogP contribution is -2.17. The van der Waals surface area contributed by atoms with Crippen LogP contribution in [0, 0.1) is 0 Å². The second kappa shape index (κ2) is 6.17. The maximum Gasteiger partial charge on any atom is 0.271 e. The summed E-state index contributed by atoms with van der Waals surface area (Å²) in [6, 6.07) is 6.64. The number of aromatic nitrogens is 2. The summed E-state index contributed by atoms with van der Waals surface area (Å²) in [4.78, 5) is 17.0. The van der Waals surface area contributed by atoms with Gasteiger partial charge in [0.1, 0.15) is 5.69 Å². The van der Waals surface area contributed by atoms with Gasteiger partial charge >= 0.3 is 0 Å². The second-order valence-corrected chi connectivity index (χ2v) is 5.58. The zero-order chi connectivity index (χ0) is 15.5. The highest BCUT2D eigenvalue weighted by Crippen LogP contribution is 2.21. The molecule has 0 bridgehead atoms. The Hall–Kier alpha value is -2.38. The molecule has 0 radical (unpaired) electrons. The summed E-state index contributed by atoms with van der Waals surface area (Å²) in [5, 5.41) is 6.36. The van der Waals surface area contributed by atoms with Crippen LogP contribution in [0.3, 0.4) is 0 Å². The van der Waals surface area contributed by atoms with Gasteiger partial charge in [-0.1, -0.05) is 17.7 Å². The molecule has 2 heterocycles. The smallest absolute Gasteiger partial charge is 0.271 e. The average Bonchev–Trinajstić information content (AvgIpc) is 3.09. The number of hydrogen-bond acceptors (Lipinski definition) is 5. The van der Waals surface area contributed by atoms with Crippen LogP contribution < -0.4 is 10.2 Å². The Balaban J connectivity index is 1.78. The van der Waals surface area contributed by atoms with Crippen LogP contribution in [0.4, 0.5) is 0 Å². The number of methoxy groups -OCH3 is 1. The van der Waals surface area contributed by atoms with Crippen molar-refractivity contribution in [1.82, 2.24) is 14.8 Å². The van der Waals surface area contributed by atoms with E-state index in [0.717, 1.165) is 4.96 Å². The molecule has 0 aliphatic heterocycles. The summed E-state index contributed by atoms with van der Waals surface area (Å²) >= 11 is 7.34. The van der Waals surface area contributed by atoms with Gasteiger partial charge in [-0.05, 0) is 18.2 Å². The van der Waals surface area contributed by atoms with Gasteiger partial charge in [-0.25, -0.2) is 5.43 Å².